The fraction of sp³-hybridized carbons (Fsp3) is 0.552. The highest BCUT2D eigenvalue weighted by Crippen LogP contribution is 2.30. The van der Waals surface area contributed by atoms with E-state index in [-0.39, 0.29) is 25.3 Å². The van der Waals surface area contributed by atoms with Crippen molar-refractivity contribution in [2.24, 2.45) is 0 Å². The van der Waals surface area contributed by atoms with Gasteiger partial charge in [0.15, 0.2) is 23.0 Å². The van der Waals surface area contributed by atoms with E-state index in [1.54, 1.807) is 33.5 Å². The standard InChI is InChI=1S/C29H42N2O6.C20H32N2O4.C9H12O2/c1-29(2,3)36-28(33)30-24(17-21-11-7-6-8-12-21)25(32)20-31(37-23-13-9-10-14-23)19-22-15-16-26(34-4)27(18-22)35-5;1-20(2,3)25-19(24)22-17(13-15-9-5-4-6-10-15)18(23)14-21-26-16-11-7-8-12-16;1-7-4-5-8(10-2)9(6-7)11-3/h6-8,11-12,15-16,18,23-25,32H,9-10,13-14,17,19-20H2,1-5H3,(H,30,33);4-6,9-10,16-18,21,23H,7-8,11-14H2,1-3H3,(H,22,24);4-6H,1-3H3. The minimum absolute atomic E-state index is 0.110. The van der Waals surface area contributed by atoms with Crippen LogP contribution in [0.2, 0.25) is 0 Å². The predicted octanol–water partition coefficient (Wildman–Crippen LogP) is 9.84. The summed E-state index contributed by atoms with van der Waals surface area (Å²) in [6.45, 7) is 13.8. The lowest BCUT2D eigenvalue weighted by Crippen LogP contribution is -2.50. The van der Waals surface area contributed by atoms with Gasteiger partial charge in [0.05, 0.1) is 71.5 Å². The van der Waals surface area contributed by atoms with Crippen LogP contribution in [0.15, 0.2) is 97.1 Å². The average Bonchev–Trinajstić information content (AvgIpc) is 4.09. The molecule has 4 aromatic carbocycles. The summed E-state index contributed by atoms with van der Waals surface area (Å²) in [5, 5.41) is 29.4. The molecule has 16 heteroatoms. The number of aliphatic hydroxyl groups is 2. The number of carbonyl (C=O) groups is 2. The van der Waals surface area contributed by atoms with E-state index in [1.165, 1.54) is 18.4 Å². The summed E-state index contributed by atoms with van der Waals surface area (Å²) in [5.74, 6) is 2.85. The van der Waals surface area contributed by atoms with E-state index < -0.39 is 47.7 Å². The number of nitrogens with one attached hydrogen (secondary N) is 3. The Labute approximate surface area is 440 Å². The van der Waals surface area contributed by atoms with Gasteiger partial charge in [-0.15, -0.1) is 0 Å². The molecule has 74 heavy (non-hydrogen) atoms. The van der Waals surface area contributed by atoms with Gasteiger partial charge in [-0.3, -0.25) is 9.68 Å². The van der Waals surface area contributed by atoms with E-state index >= 15 is 0 Å². The van der Waals surface area contributed by atoms with Crippen LogP contribution in [-0.2, 0) is 38.5 Å². The number of amides is 2. The summed E-state index contributed by atoms with van der Waals surface area (Å²) in [6, 6.07) is 30.1. The van der Waals surface area contributed by atoms with E-state index in [2.05, 4.69) is 16.1 Å². The first-order valence-corrected chi connectivity index (χ1v) is 25.9. The molecule has 4 unspecified atom stereocenters. The van der Waals surface area contributed by atoms with Gasteiger partial charge in [0.2, 0.25) is 0 Å². The largest absolute Gasteiger partial charge is 0.493 e. The fourth-order valence-corrected chi connectivity index (χ4v) is 8.43. The highest BCUT2D eigenvalue weighted by atomic mass is 16.7. The van der Waals surface area contributed by atoms with Crippen LogP contribution in [0.3, 0.4) is 0 Å². The molecule has 2 aliphatic rings. The van der Waals surface area contributed by atoms with Crippen molar-refractivity contribution >= 4 is 12.2 Å². The lowest BCUT2D eigenvalue weighted by atomic mass is 10.0. The maximum Gasteiger partial charge on any atom is 0.407 e. The van der Waals surface area contributed by atoms with Crippen LogP contribution < -0.4 is 35.1 Å². The molecule has 0 saturated heterocycles. The van der Waals surface area contributed by atoms with Crippen molar-refractivity contribution in [1.82, 2.24) is 21.2 Å². The lowest BCUT2D eigenvalue weighted by molar-refractivity contribution is -0.214. The molecule has 16 nitrogen and oxygen atoms in total. The molecule has 4 aromatic rings. The van der Waals surface area contributed by atoms with Crippen molar-refractivity contribution in [3.8, 4) is 23.0 Å². The van der Waals surface area contributed by atoms with Gasteiger partial charge in [0.1, 0.15) is 11.2 Å². The number of nitrogens with zero attached hydrogens (tertiary/aromatic N) is 1. The molecule has 0 bridgehead atoms. The highest BCUT2D eigenvalue weighted by Gasteiger charge is 2.30. The van der Waals surface area contributed by atoms with Crippen LogP contribution in [-0.4, -0.2) is 117 Å². The van der Waals surface area contributed by atoms with Crippen LogP contribution in [0.4, 0.5) is 9.59 Å². The maximum absolute atomic E-state index is 12.6. The van der Waals surface area contributed by atoms with E-state index in [9.17, 15) is 19.8 Å². The molecular weight excluding hydrogens is 945 g/mol. The third-order valence-corrected chi connectivity index (χ3v) is 12.1. The molecular formula is C58H86N4O12. The second-order valence-electron chi connectivity index (χ2n) is 20.8. The van der Waals surface area contributed by atoms with Crippen molar-refractivity contribution in [2.75, 3.05) is 41.5 Å². The molecule has 2 saturated carbocycles. The monoisotopic (exact) mass is 1030 g/mol. The van der Waals surface area contributed by atoms with Gasteiger partial charge < -0.3 is 49.3 Å². The van der Waals surface area contributed by atoms with Gasteiger partial charge in [0.25, 0.3) is 0 Å². The minimum atomic E-state index is -0.908. The molecule has 2 amide bonds. The number of benzene rings is 4. The second kappa shape index (κ2) is 31.3. The number of aryl methyl sites for hydroxylation is 1. The molecule has 0 spiro atoms. The summed E-state index contributed by atoms with van der Waals surface area (Å²) in [7, 11) is 6.48. The average molecular weight is 1030 g/mol. The highest BCUT2D eigenvalue weighted by molar-refractivity contribution is 5.68. The van der Waals surface area contributed by atoms with E-state index in [0.29, 0.717) is 30.9 Å². The smallest absolute Gasteiger partial charge is 0.407 e. The third-order valence-electron chi connectivity index (χ3n) is 12.1. The summed E-state index contributed by atoms with van der Waals surface area (Å²) in [5.41, 5.74) is 5.81. The quantitative estimate of drug-likeness (QED) is 0.0468. The summed E-state index contributed by atoms with van der Waals surface area (Å²) < 4.78 is 31.8. The SMILES string of the molecule is CC(C)(C)OC(=O)NC(Cc1ccccc1)C(O)CNOC1CCCC1.COc1ccc(C)cc1OC.COc1ccc(CN(CC(O)C(Cc2ccccc2)NC(=O)OC(C)(C)C)OC2CCCC2)cc1OC. The number of hydrogen-bond acceptors (Lipinski definition) is 14. The Kier molecular flexibility index (Phi) is 25.8. The van der Waals surface area contributed by atoms with Crippen LogP contribution in [0, 0.1) is 6.92 Å². The number of ether oxygens (including phenoxy) is 6. The third kappa shape index (κ3) is 23.3. The Hall–Kier alpha value is -5.62. The van der Waals surface area contributed by atoms with Gasteiger partial charge in [-0.2, -0.15) is 10.5 Å². The zero-order valence-corrected chi connectivity index (χ0v) is 45.8. The molecule has 2 fully saturated rings. The van der Waals surface area contributed by atoms with Crippen molar-refractivity contribution in [3.05, 3.63) is 119 Å². The van der Waals surface area contributed by atoms with Gasteiger partial charge in [0, 0.05) is 13.1 Å². The van der Waals surface area contributed by atoms with Crippen molar-refractivity contribution < 1.29 is 57.9 Å². The first kappa shape index (κ1) is 60.9. The molecule has 5 N–H and O–H groups in total. The van der Waals surface area contributed by atoms with E-state index in [1.807, 2.05) is 146 Å². The van der Waals surface area contributed by atoms with Crippen molar-refractivity contribution in [3.63, 3.8) is 0 Å². The molecule has 0 radical (unpaired) electrons. The zero-order valence-electron chi connectivity index (χ0n) is 45.8. The van der Waals surface area contributed by atoms with Crippen LogP contribution in [0.25, 0.3) is 0 Å². The number of aliphatic hydroxyl groups excluding tert-OH is 2. The molecule has 0 aliphatic heterocycles. The molecule has 6 rings (SSSR count). The van der Waals surface area contributed by atoms with Crippen molar-refractivity contribution in [1.29, 1.82) is 0 Å². The molecule has 4 atom stereocenters. The van der Waals surface area contributed by atoms with E-state index in [4.69, 9.17) is 38.1 Å². The molecule has 410 valence electrons. The Bertz CT molecular complexity index is 2210. The number of carbonyl (C=O) groups excluding carboxylic acids is 2. The Morgan fingerprint density at radius 3 is 1.50 bits per heavy atom. The van der Waals surface area contributed by atoms with Gasteiger partial charge >= 0.3 is 12.2 Å². The van der Waals surface area contributed by atoms with Gasteiger partial charge in [-0.25, -0.2) is 9.59 Å². The maximum atomic E-state index is 12.6. The Balaban J connectivity index is 0.000000276. The topological polar surface area (TPSA) is 188 Å². The van der Waals surface area contributed by atoms with Crippen LogP contribution in [0.5, 0.6) is 23.0 Å². The van der Waals surface area contributed by atoms with Gasteiger partial charge in [-0.1, -0.05) is 98.5 Å². The zero-order chi connectivity index (χ0) is 54.1. The lowest BCUT2D eigenvalue weighted by Gasteiger charge is -2.32. The normalized spacial score (nSPS) is 15.5. The number of hydroxylamine groups is 3. The number of rotatable bonds is 22. The second-order valence-corrected chi connectivity index (χ2v) is 20.8. The van der Waals surface area contributed by atoms with Crippen molar-refractivity contribution in [2.45, 2.75) is 167 Å². The molecule has 0 heterocycles. The number of hydrogen-bond donors (Lipinski definition) is 5. The first-order chi connectivity index (χ1) is 35.3. The Morgan fingerprint density at radius 1 is 0.581 bits per heavy atom. The van der Waals surface area contributed by atoms with Crippen LogP contribution in [0.1, 0.15) is 115 Å². The summed E-state index contributed by atoms with van der Waals surface area (Å²) in [6.07, 6.45) is 7.20. The van der Waals surface area contributed by atoms with E-state index in [0.717, 1.165) is 66.7 Å². The van der Waals surface area contributed by atoms with Gasteiger partial charge in [-0.05, 0) is 134 Å². The fourth-order valence-electron chi connectivity index (χ4n) is 8.43. The summed E-state index contributed by atoms with van der Waals surface area (Å²) >= 11 is 0. The van der Waals surface area contributed by atoms with Crippen LogP contribution >= 0.6 is 0 Å². The predicted molar refractivity (Wildman–Crippen MR) is 288 cm³/mol. The Morgan fingerprint density at radius 2 is 1.03 bits per heavy atom. The summed E-state index contributed by atoms with van der Waals surface area (Å²) in [4.78, 5) is 36.8. The molecule has 2 aliphatic carbocycles. The minimum Gasteiger partial charge on any atom is -0.493 e. The number of methoxy groups -OCH3 is 4. The molecule has 0 aromatic heterocycles. The number of alkyl carbamates (subject to hydrolysis) is 2. The first-order valence-electron chi connectivity index (χ1n) is 25.9.